The zero-order valence-electron chi connectivity index (χ0n) is 17.0. The predicted molar refractivity (Wildman–Crippen MR) is 112 cm³/mol. The lowest BCUT2D eigenvalue weighted by molar-refractivity contribution is -0.123. The van der Waals surface area contributed by atoms with Gasteiger partial charge in [0, 0.05) is 32.2 Å². The van der Waals surface area contributed by atoms with Crippen molar-refractivity contribution in [2.45, 2.75) is 24.0 Å². The molecule has 0 spiro atoms. The van der Waals surface area contributed by atoms with E-state index in [0.717, 1.165) is 5.69 Å². The van der Waals surface area contributed by atoms with E-state index in [2.05, 4.69) is 5.32 Å². The third-order valence-electron chi connectivity index (χ3n) is 4.53. The Bertz CT molecular complexity index is 889. The number of hydrogen-bond acceptors (Lipinski definition) is 5. The SMILES string of the molecule is COc1ccc(S(=O)(=O)[C@@H](CNC(=O)C(C)C)c2ccc(N(C)C)cc2)cc1. The molecular formula is C21H28N2O4S. The van der Waals surface area contributed by atoms with Crippen LogP contribution in [0.25, 0.3) is 0 Å². The molecule has 28 heavy (non-hydrogen) atoms. The van der Waals surface area contributed by atoms with Crippen LogP contribution in [0.2, 0.25) is 0 Å². The third kappa shape index (κ3) is 5.04. The topological polar surface area (TPSA) is 75.7 Å². The van der Waals surface area contributed by atoms with E-state index in [0.29, 0.717) is 11.3 Å². The summed E-state index contributed by atoms with van der Waals surface area (Å²) >= 11 is 0. The van der Waals surface area contributed by atoms with Gasteiger partial charge in [-0.15, -0.1) is 0 Å². The van der Waals surface area contributed by atoms with Gasteiger partial charge in [-0.3, -0.25) is 4.79 Å². The Hall–Kier alpha value is -2.54. The smallest absolute Gasteiger partial charge is 0.222 e. The summed E-state index contributed by atoms with van der Waals surface area (Å²) in [5.41, 5.74) is 1.60. The summed E-state index contributed by atoms with van der Waals surface area (Å²) in [4.78, 5) is 14.2. The first-order chi connectivity index (χ1) is 13.2. The second-order valence-corrected chi connectivity index (χ2v) is 9.23. The van der Waals surface area contributed by atoms with Crippen molar-refractivity contribution in [2.75, 3.05) is 32.6 Å². The largest absolute Gasteiger partial charge is 0.497 e. The minimum Gasteiger partial charge on any atom is -0.497 e. The molecule has 6 nitrogen and oxygen atoms in total. The predicted octanol–water partition coefficient (Wildman–Crippen LogP) is 3.05. The van der Waals surface area contributed by atoms with Crippen molar-refractivity contribution in [3.05, 3.63) is 54.1 Å². The molecule has 0 saturated heterocycles. The number of nitrogens with zero attached hydrogens (tertiary/aromatic N) is 1. The fraction of sp³-hybridized carbons (Fsp3) is 0.381. The maximum Gasteiger partial charge on any atom is 0.222 e. The van der Waals surface area contributed by atoms with Crippen molar-refractivity contribution < 1.29 is 17.9 Å². The van der Waals surface area contributed by atoms with Crippen LogP contribution in [0.3, 0.4) is 0 Å². The summed E-state index contributed by atoms with van der Waals surface area (Å²) in [6.45, 7) is 3.55. The zero-order chi connectivity index (χ0) is 20.9. The number of rotatable bonds is 8. The van der Waals surface area contributed by atoms with Crippen LogP contribution in [0, 0.1) is 5.92 Å². The number of benzene rings is 2. The highest BCUT2D eigenvalue weighted by Gasteiger charge is 2.30. The molecule has 2 aromatic carbocycles. The number of carbonyl (C=O) groups excluding carboxylic acids is 1. The standard InChI is InChI=1S/C21H28N2O4S/c1-15(2)21(24)22-14-20(16-6-8-17(9-7-16)23(3)4)28(25,26)19-12-10-18(27-5)11-13-19/h6-13,15,20H,14H2,1-5H3,(H,22,24)/t20-/m0/s1. The summed E-state index contributed by atoms with van der Waals surface area (Å²) < 4.78 is 31.8. The van der Waals surface area contributed by atoms with Gasteiger partial charge in [0.2, 0.25) is 5.91 Å². The lowest BCUT2D eigenvalue weighted by Crippen LogP contribution is -2.34. The van der Waals surface area contributed by atoms with Crippen LogP contribution in [0.4, 0.5) is 5.69 Å². The number of amides is 1. The molecule has 7 heteroatoms. The van der Waals surface area contributed by atoms with Gasteiger partial charge in [0.1, 0.15) is 11.0 Å². The van der Waals surface area contributed by atoms with E-state index in [9.17, 15) is 13.2 Å². The van der Waals surface area contributed by atoms with Crippen molar-refractivity contribution in [2.24, 2.45) is 5.92 Å². The van der Waals surface area contributed by atoms with Crippen molar-refractivity contribution in [3.8, 4) is 5.75 Å². The van der Waals surface area contributed by atoms with Gasteiger partial charge in [0.25, 0.3) is 0 Å². The molecule has 0 fully saturated rings. The minimum atomic E-state index is -3.72. The fourth-order valence-corrected chi connectivity index (χ4v) is 4.38. The van der Waals surface area contributed by atoms with Gasteiger partial charge in [0.15, 0.2) is 9.84 Å². The lowest BCUT2D eigenvalue weighted by Gasteiger charge is -2.21. The maximum absolute atomic E-state index is 13.3. The van der Waals surface area contributed by atoms with Gasteiger partial charge >= 0.3 is 0 Å². The lowest BCUT2D eigenvalue weighted by atomic mass is 10.1. The van der Waals surface area contributed by atoms with Crippen LogP contribution in [0.15, 0.2) is 53.4 Å². The first-order valence-corrected chi connectivity index (χ1v) is 10.6. The van der Waals surface area contributed by atoms with E-state index in [-0.39, 0.29) is 23.3 Å². The summed E-state index contributed by atoms with van der Waals surface area (Å²) in [5, 5.41) is 1.87. The molecule has 1 atom stereocenters. The van der Waals surface area contributed by atoms with Crippen molar-refractivity contribution >= 4 is 21.4 Å². The summed E-state index contributed by atoms with van der Waals surface area (Å²) in [7, 11) is 1.65. The first kappa shape index (κ1) is 21.8. The van der Waals surface area contributed by atoms with Gasteiger partial charge in [-0.2, -0.15) is 0 Å². The molecule has 0 aliphatic heterocycles. The highest BCUT2D eigenvalue weighted by atomic mass is 32.2. The number of methoxy groups -OCH3 is 1. The van der Waals surface area contributed by atoms with E-state index >= 15 is 0 Å². The van der Waals surface area contributed by atoms with Gasteiger partial charge in [-0.05, 0) is 42.0 Å². The number of anilines is 1. The van der Waals surface area contributed by atoms with Crippen LogP contribution in [-0.2, 0) is 14.6 Å². The molecule has 1 amide bonds. The van der Waals surface area contributed by atoms with Crippen LogP contribution >= 0.6 is 0 Å². The quantitative estimate of drug-likeness (QED) is 0.732. The number of ether oxygens (including phenoxy) is 1. The average molecular weight is 405 g/mol. The molecule has 0 aliphatic carbocycles. The third-order valence-corrected chi connectivity index (χ3v) is 6.65. The van der Waals surface area contributed by atoms with E-state index in [1.807, 2.05) is 31.1 Å². The highest BCUT2D eigenvalue weighted by molar-refractivity contribution is 7.91. The Morgan fingerprint density at radius 3 is 2.07 bits per heavy atom. The molecule has 0 radical (unpaired) electrons. The highest BCUT2D eigenvalue weighted by Crippen LogP contribution is 2.30. The van der Waals surface area contributed by atoms with Gasteiger partial charge in [-0.1, -0.05) is 26.0 Å². The Kier molecular flexibility index (Phi) is 7.07. The van der Waals surface area contributed by atoms with E-state index < -0.39 is 15.1 Å². The Morgan fingerprint density at radius 1 is 1.04 bits per heavy atom. The van der Waals surface area contributed by atoms with Crippen LogP contribution in [-0.4, -0.2) is 42.1 Å². The van der Waals surface area contributed by atoms with Crippen molar-refractivity contribution in [3.63, 3.8) is 0 Å². The van der Waals surface area contributed by atoms with Crippen molar-refractivity contribution in [1.29, 1.82) is 0 Å². The van der Waals surface area contributed by atoms with Gasteiger partial charge in [0.05, 0.1) is 12.0 Å². The molecule has 2 aromatic rings. The Balaban J connectivity index is 2.41. The van der Waals surface area contributed by atoms with Gasteiger partial charge in [-0.25, -0.2) is 8.42 Å². The molecule has 0 saturated carbocycles. The first-order valence-electron chi connectivity index (χ1n) is 9.09. The molecule has 1 N–H and O–H groups in total. The second-order valence-electron chi connectivity index (χ2n) is 7.09. The molecule has 0 unspecified atom stereocenters. The second kappa shape index (κ2) is 9.10. The molecular weight excluding hydrogens is 376 g/mol. The molecule has 152 valence electrons. The average Bonchev–Trinajstić information content (AvgIpc) is 2.68. The summed E-state index contributed by atoms with van der Waals surface area (Å²) in [6.07, 6.45) is 0. The number of nitrogens with one attached hydrogen (secondary N) is 1. The molecule has 0 heterocycles. The van der Waals surface area contributed by atoms with Crippen LogP contribution < -0.4 is 15.0 Å². The van der Waals surface area contributed by atoms with E-state index in [1.54, 1.807) is 38.1 Å². The number of sulfone groups is 1. The molecule has 2 rings (SSSR count). The fourth-order valence-electron chi connectivity index (χ4n) is 2.72. The normalized spacial score (nSPS) is 12.5. The minimum absolute atomic E-state index is 0.00663. The van der Waals surface area contributed by atoms with E-state index in [1.165, 1.54) is 19.2 Å². The summed E-state index contributed by atoms with van der Waals surface area (Å²) in [5.74, 6) is 0.180. The van der Waals surface area contributed by atoms with Crippen molar-refractivity contribution in [1.82, 2.24) is 5.32 Å². The molecule has 0 bridgehead atoms. The van der Waals surface area contributed by atoms with Crippen LogP contribution in [0.1, 0.15) is 24.7 Å². The Labute approximate surface area is 167 Å². The zero-order valence-corrected chi connectivity index (χ0v) is 17.8. The molecule has 0 aliphatic rings. The Morgan fingerprint density at radius 2 is 1.61 bits per heavy atom. The van der Waals surface area contributed by atoms with E-state index in [4.69, 9.17) is 4.74 Å². The number of carbonyl (C=O) groups is 1. The summed E-state index contributed by atoms with van der Waals surface area (Å²) in [6, 6.07) is 13.6. The van der Waals surface area contributed by atoms with Gasteiger partial charge < -0.3 is 15.0 Å². The molecule has 0 aromatic heterocycles. The maximum atomic E-state index is 13.3. The monoisotopic (exact) mass is 404 g/mol. The van der Waals surface area contributed by atoms with Crippen LogP contribution in [0.5, 0.6) is 5.75 Å². The number of hydrogen-bond donors (Lipinski definition) is 1.